The summed E-state index contributed by atoms with van der Waals surface area (Å²) in [5.74, 6) is -0.223. The van der Waals surface area contributed by atoms with E-state index in [2.05, 4.69) is 20.4 Å². The Morgan fingerprint density at radius 1 is 1.45 bits per heavy atom. The fraction of sp³-hybridized carbons (Fsp3) is 0.733. The molecule has 20 heavy (non-hydrogen) atoms. The van der Waals surface area contributed by atoms with Crippen LogP contribution in [-0.4, -0.2) is 28.3 Å². The van der Waals surface area contributed by atoms with Crippen molar-refractivity contribution in [2.45, 2.75) is 58.4 Å². The van der Waals surface area contributed by atoms with E-state index < -0.39 is 6.16 Å². The van der Waals surface area contributed by atoms with Crippen molar-refractivity contribution in [3.05, 3.63) is 12.7 Å². The third-order valence-corrected chi connectivity index (χ3v) is 4.90. The summed E-state index contributed by atoms with van der Waals surface area (Å²) < 4.78 is 0. The van der Waals surface area contributed by atoms with Gasteiger partial charge in [0, 0.05) is 11.8 Å². The summed E-state index contributed by atoms with van der Waals surface area (Å²) in [5, 5.41) is 9.88. The molecule has 0 radical (unpaired) electrons. The van der Waals surface area contributed by atoms with Gasteiger partial charge in [-0.25, -0.2) is 4.79 Å². The normalized spacial score (nSPS) is 27.6. The van der Waals surface area contributed by atoms with Crippen LogP contribution in [0.2, 0.25) is 0 Å². The minimum Gasteiger partial charge on any atom is -0.448 e. The highest BCUT2D eigenvalue weighted by molar-refractivity contribution is 5.80. The zero-order valence-corrected chi connectivity index (χ0v) is 12.2. The number of carboxylic acid groups (broad SMARTS) is 1. The molecule has 1 atom stereocenters. The molecule has 2 aliphatic rings. The second-order valence-electron chi connectivity index (χ2n) is 6.82. The second-order valence-corrected chi connectivity index (χ2v) is 6.82. The van der Waals surface area contributed by atoms with Gasteiger partial charge in [-0.2, -0.15) is 5.06 Å². The molecule has 0 aromatic carbocycles. The first-order valence-corrected chi connectivity index (χ1v) is 7.14. The fourth-order valence-electron chi connectivity index (χ4n) is 3.56. The maximum atomic E-state index is 12.1. The van der Waals surface area contributed by atoms with Crippen molar-refractivity contribution in [3.63, 3.8) is 0 Å². The Labute approximate surface area is 119 Å². The van der Waals surface area contributed by atoms with E-state index in [1.165, 1.54) is 0 Å². The monoisotopic (exact) mass is 281 g/mol. The van der Waals surface area contributed by atoms with E-state index in [-0.39, 0.29) is 17.4 Å². The summed E-state index contributed by atoms with van der Waals surface area (Å²) in [6.07, 6.45) is 5.23. The van der Waals surface area contributed by atoms with Crippen molar-refractivity contribution in [1.82, 2.24) is 5.06 Å². The van der Waals surface area contributed by atoms with Gasteiger partial charge < -0.3 is 9.94 Å². The molecule has 5 nitrogen and oxygen atoms in total. The molecular weight excluding hydrogens is 258 g/mol. The van der Waals surface area contributed by atoms with Crippen LogP contribution in [0.4, 0.5) is 4.79 Å². The molecule has 1 N–H and O–H groups in total. The van der Waals surface area contributed by atoms with Crippen molar-refractivity contribution >= 4 is 12.1 Å². The maximum absolute atomic E-state index is 12.1. The summed E-state index contributed by atoms with van der Waals surface area (Å²) in [6.45, 7) is 8.21. The first-order valence-electron chi connectivity index (χ1n) is 7.14. The summed E-state index contributed by atoms with van der Waals surface area (Å²) in [7, 11) is 0. The van der Waals surface area contributed by atoms with Gasteiger partial charge in [0.2, 0.25) is 0 Å². The second kappa shape index (κ2) is 5.11. The van der Waals surface area contributed by atoms with Crippen LogP contribution in [0.15, 0.2) is 12.7 Å². The molecule has 1 aliphatic heterocycles. The van der Waals surface area contributed by atoms with Gasteiger partial charge in [-0.3, -0.25) is 4.79 Å². The lowest BCUT2D eigenvalue weighted by Gasteiger charge is -2.44. The lowest BCUT2D eigenvalue weighted by molar-refractivity contribution is -0.175. The molecule has 0 aromatic heterocycles. The fourth-order valence-corrected chi connectivity index (χ4v) is 3.56. The molecule has 1 spiro atoms. The highest BCUT2D eigenvalue weighted by Crippen LogP contribution is 2.54. The Kier molecular flexibility index (Phi) is 3.80. The summed E-state index contributed by atoms with van der Waals surface area (Å²) in [6, 6.07) is -0.209. The topological polar surface area (TPSA) is 66.8 Å². The molecule has 2 rings (SSSR count). The van der Waals surface area contributed by atoms with Gasteiger partial charge in [0.1, 0.15) is 0 Å². The number of carbonyl (C=O) groups is 2. The first kappa shape index (κ1) is 14.9. The van der Waals surface area contributed by atoms with Crippen molar-refractivity contribution in [1.29, 1.82) is 0 Å². The van der Waals surface area contributed by atoms with Crippen LogP contribution in [0.25, 0.3) is 0 Å². The first-order chi connectivity index (χ1) is 9.30. The summed E-state index contributed by atoms with van der Waals surface area (Å²) >= 11 is 0. The van der Waals surface area contributed by atoms with E-state index in [1.807, 2.05) is 0 Å². The molecule has 0 bridgehead atoms. The van der Waals surface area contributed by atoms with E-state index in [0.29, 0.717) is 18.3 Å². The minimum absolute atomic E-state index is 0.157. The number of nitrogens with zero attached hydrogens (tertiary/aromatic N) is 1. The van der Waals surface area contributed by atoms with Crippen molar-refractivity contribution < 1.29 is 19.5 Å². The Bertz CT molecular complexity index is 420. The van der Waals surface area contributed by atoms with Gasteiger partial charge >= 0.3 is 6.16 Å². The van der Waals surface area contributed by atoms with Crippen LogP contribution < -0.4 is 0 Å². The zero-order valence-electron chi connectivity index (χ0n) is 12.2. The number of hydrogen-bond donors (Lipinski definition) is 1. The molecular formula is C15H23NO4. The molecule has 0 aromatic rings. The lowest BCUT2D eigenvalue weighted by atomic mass is 9.61. The van der Waals surface area contributed by atoms with Crippen LogP contribution in [0.5, 0.6) is 0 Å². The van der Waals surface area contributed by atoms with E-state index in [1.54, 1.807) is 6.08 Å². The van der Waals surface area contributed by atoms with Gasteiger partial charge in [0.15, 0.2) is 0 Å². The molecule has 112 valence electrons. The number of amides is 1. The molecule has 5 heteroatoms. The highest BCUT2D eigenvalue weighted by atomic mass is 16.8. The quantitative estimate of drug-likeness (QED) is 0.805. The van der Waals surface area contributed by atoms with Crippen LogP contribution in [-0.2, 0) is 9.63 Å². The highest BCUT2D eigenvalue weighted by Gasteiger charge is 2.54. The molecule has 1 amide bonds. The largest absolute Gasteiger partial charge is 0.531 e. The maximum Gasteiger partial charge on any atom is 0.531 e. The van der Waals surface area contributed by atoms with Gasteiger partial charge in [0.25, 0.3) is 5.91 Å². The van der Waals surface area contributed by atoms with E-state index in [4.69, 9.17) is 9.94 Å². The molecule has 2 fully saturated rings. The van der Waals surface area contributed by atoms with Crippen molar-refractivity contribution in [2.75, 3.05) is 0 Å². The van der Waals surface area contributed by atoms with Gasteiger partial charge in [-0.15, -0.1) is 6.58 Å². The van der Waals surface area contributed by atoms with Gasteiger partial charge in [0.05, 0.1) is 6.04 Å². The predicted octanol–water partition coefficient (Wildman–Crippen LogP) is 3.36. The number of carbonyl (C=O) groups excluding carboxylic acids is 1. The standard InChI is InChI=1S/C15H23NO4/c1-4-5-11-15(8-6-14(2,3)7-9-15)10-12(17)16(11)20-13(18)19/h4,11H,1,5-10H2,2-3H3,(H,18,19). The third-order valence-electron chi connectivity index (χ3n) is 4.90. The van der Waals surface area contributed by atoms with Crippen LogP contribution >= 0.6 is 0 Å². The molecule has 1 unspecified atom stereocenters. The van der Waals surface area contributed by atoms with E-state index >= 15 is 0 Å². The third kappa shape index (κ3) is 2.67. The number of hydrogen-bond acceptors (Lipinski definition) is 3. The van der Waals surface area contributed by atoms with Crippen molar-refractivity contribution in [2.24, 2.45) is 10.8 Å². The average Bonchev–Trinajstić information content (AvgIpc) is 2.59. The molecule has 1 heterocycles. The Morgan fingerprint density at radius 3 is 2.55 bits per heavy atom. The molecule has 1 aliphatic carbocycles. The Hall–Kier alpha value is -1.52. The SMILES string of the molecule is C=CCC1N(OC(=O)O)C(=O)CC12CCC(C)(C)CC2. The lowest BCUT2D eigenvalue weighted by Crippen LogP contribution is -2.43. The van der Waals surface area contributed by atoms with Crippen LogP contribution in [0.1, 0.15) is 52.4 Å². The molecule has 1 saturated carbocycles. The van der Waals surface area contributed by atoms with Crippen LogP contribution in [0, 0.1) is 10.8 Å². The predicted molar refractivity (Wildman–Crippen MR) is 73.9 cm³/mol. The van der Waals surface area contributed by atoms with Crippen LogP contribution in [0.3, 0.4) is 0 Å². The molecule has 1 saturated heterocycles. The Balaban J connectivity index is 2.22. The number of hydroxylamine groups is 2. The van der Waals surface area contributed by atoms with E-state index in [0.717, 1.165) is 30.7 Å². The average molecular weight is 281 g/mol. The smallest absolute Gasteiger partial charge is 0.448 e. The van der Waals surface area contributed by atoms with Gasteiger partial charge in [-0.05, 0) is 37.5 Å². The van der Waals surface area contributed by atoms with Crippen molar-refractivity contribution in [3.8, 4) is 0 Å². The minimum atomic E-state index is -1.43. The van der Waals surface area contributed by atoms with Gasteiger partial charge in [-0.1, -0.05) is 19.9 Å². The zero-order chi connectivity index (χ0) is 15.0. The van der Waals surface area contributed by atoms with E-state index in [9.17, 15) is 9.59 Å². The Morgan fingerprint density at radius 2 is 2.05 bits per heavy atom. The summed E-state index contributed by atoms with van der Waals surface area (Å²) in [4.78, 5) is 27.6. The summed E-state index contributed by atoms with van der Waals surface area (Å²) in [5.41, 5.74) is 0.143. The number of rotatable bonds is 3.